The molecule has 0 aliphatic heterocycles. The van der Waals surface area contributed by atoms with Crippen molar-refractivity contribution in [3.63, 3.8) is 0 Å². The first kappa shape index (κ1) is 164. The number of aliphatic hydroxyl groups excluding tert-OH is 9. The summed E-state index contributed by atoms with van der Waals surface area (Å²) in [7, 11) is -3.36. The van der Waals surface area contributed by atoms with Crippen LogP contribution in [0.5, 0.6) is 0 Å². The summed E-state index contributed by atoms with van der Waals surface area (Å²) in [6.45, 7) is 93.2. The fourth-order valence-corrected chi connectivity index (χ4v) is 30.0. The first-order valence-electron chi connectivity index (χ1n) is 40.6. The van der Waals surface area contributed by atoms with Crippen LogP contribution in [-0.2, 0) is 151 Å². The Morgan fingerprint density at radius 2 is 0.521 bits per heavy atom. The molecule has 0 saturated carbocycles. The van der Waals surface area contributed by atoms with Crippen molar-refractivity contribution >= 4 is 133 Å². The maximum Gasteiger partial charge on any atom is 0.180 e. The van der Waals surface area contributed by atoms with Gasteiger partial charge in [0.25, 0.3) is 0 Å². The van der Waals surface area contributed by atoms with Gasteiger partial charge in [-0.25, -0.2) is 0 Å². The van der Waals surface area contributed by atoms with Gasteiger partial charge in [0.15, 0.2) is 49.4 Å². The van der Waals surface area contributed by atoms with Crippen LogP contribution in [0.15, 0.2) is 68.6 Å². The molecule has 0 aliphatic rings. The standard InChI is InChI=1S/C15H35NOSi2.C11H26N2OSi.C9H23NOSi2.C8H20N2OSi.C8H19NOSi.C8H17NOSi.C7H14N2O.C7H17NOSi.C6H15NOSi.9Co/c1-8-18(9-2,10-3)15(17)14(7)16-19(11-4,12-5)13-6;1-7-15(8-2,9-3)11(14)10(4)12-13(5)6;1-8(10-13(5,6)7)9(11)12(2,3)4;1-7(9-10(2)3)8(11)12(4,5)6;2*1-6-8(10)7(2)9-11(3,4)5;1-5-7(10)6(2)8-9(3)4;1-6(7(2)9)8-10(3,4)5;1-6(5-8)7-9(2,3)4;;;;;;;;;/h15,17H,8-13H2,1-7H3;11,14H,7-9H2,1-6H3;9,11H,1-7H3;8,11H,1-6H3;8,10H,6H2,1-5H3;6,8,10H,1H2,2-5H3;5,7,10H,1H2,2-4H3;7,9H,1-5H3;8H,5H2,1-4H3;;;;;;;;;. The minimum atomic E-state index is -1.57. The molecule has 0 bridgehead atoms. The molecule has 8 atom stereocenters. The van der Waals surface area contributed by atoms with E-state index in [4.69, 9.17) is 20.0 Å². The number of aliphatic hydroxyl groups is 9. The molecule has 9 N–H and O–H groups in total. The van der Waals surface area contributed by atoms with E-state index in [1.54, 1.807) is 43.0 Å². The van der Waals surface area contributed by atoms with Gasteiger partial charge in [-0.2, -0.15) is 15.3 Å². The number of hydrogen-bond acceptors (Lipinski definition) is 21. The maximum atomic E-state index is 10.8. The average Bonchev–Trinajstić information content (AvgIpc) is 0.825. The Morgan fingerprint density at radius 3 is 0.723 bits per heavy atom. The molecular weight excluding hydrogens is 2070 g/mol. The molecule has 40 heteroatoms. The van der Waals surface area contributed by atoms with E-state index in [-0.39, 0.29) is 193 Å². The monoisotopic (exact) mass is 2260 g/mol. The molecule has 0 aromatic rings. The number of hydrazone groups is 3. The van der Waals surface area contributed by atoms with Gasteiger partial charge >= 0.3 is 0 Å². The van der Waals surface area contributed by atoms with Crippen LogP contribution >= 0.6 is 0 Å². The van der Waals surface area contributed by atoms with Crippen molar-refractivity contribution in [2.45, 2.75) is 384 Å². The fraction of sp³-hybridized carbons (Fsp3) is 0.835. The van der Waals surface area contributed by atoms with E-state index in [0.717, 1.165) is 88.4 Å². The molecule has 8 unspecified atom stereocenters. The zero-order valence-corrected chi connectivity index (χ0v) is 103. The van der Waals surface area contributed by atoms with Crippen LogP contribution in [0.4, 0.5) is 0 Å². The molecule has 0 spiro atoms. The minimum Gasteiger partial charge on any atom is -0.391 e. The summed E-state index contributed by atoms with van der Waals surface area (Å²) in [6, 6.07) is 10.5. The summed E-state index contributed by atoms with van der Waals surface area (Å²) in [6.07, 6.45) is 1.80. The van der Waals surface area contributed by atoms with Gasteiger partial charge in [-0.1, -0.05) is 157 Å². The number of rotatable bonds is 34. The van der Waals surface area contributed by atoms with Crippen molar-refractivity contribution < 1.29 is 197 Å². The van der Waals surface area contributed by atoms with E-state index in [1.165, 1.54) is 30.3 Å². The molecule has 0 saturated heterocycles. The summed E-state index contributed by atoms with van der Waals surface area (Å²) in [5.74, 6) is 0. The fourth-order valence-electron chi connectivity index (χ4n) is 11.0. The van der Waals surface area contributed by atoms with Gasteiger partial charge in [0.1, 0.15) is 12.2 Å². The van der Waals surface area contributed by atoms with Crippen molar-refractivity contribution in [1.29, 1.82) is 0 Å². The first-order valence-corrected chi connectivity index (χ1v) is 72.9. The normalized spacial score (nSPS) is 14.7. The minimum absolute atomic E-state index is 0. The van der Waals surface area contributed by atoms with Crippen LogP contribution in [0.2, 0.25) is 192 Å². The van der Waals surface area contributed by atoms with E-state index in [1.807, 2.05) is 83.6 Å². The second-order valence-electron chi connectivity index (χ2n) is 36.8. The van der Waals surface area contributed by atoms with Crippen molar-refractivity contribution in [1.82, 2.24) is 15.0 Å². The third-order valence-electron chi connectivity index (χ3n) is 17.6. The van der Waals surface area contributed by atoms with Crippen molar-refractivity contribution in [2.24, 2.45) is 43.3 Å². The molecule has 0 aliphatic carbocycles. The van der Waals surface area contributed by atoms with E-state index in [0.29, 0.717) is 5.71 Å². The molecule has 0 amide bonds. The molecular formula is C79H186Co9N12O9Si10. The predicted molar refractivity (Wildman–Crippen MR) is 526 cm³/mol. The summed E-state index contributed by atoms with van der Waals surface area (Å²) in [4.78, 5) is 0. The maximum absolute atomic E-state index is 10.8. The Bertz CT molecular complexity index is 2750. The van der Waals surface area contributed by atoms with Gasteiger partial charge in [-0.3, -0.25) is 0 Å². The molecule has 9 radical (unpaired) electrons. The summed E-state index contributed by atoms with van der Waals surface area (Å²) >= 11 is 0. The van der Waals surface area contributed by atoms with Gasteiger partial charge in [-0.05, 0) is 192 Å². The third-order valence-corrected chi connectivity index (χ3v) is 43.3. The molecule has 0 rings (SSSR count). The second-order valence-corrected chi connectivity index (χ2v) is 85.8. The molecule has 21 nitrogen and oxygen atoms in total. The molecule has 119 heavy (non-hydrogen) atoms. The molecule has 737 valence electrons. The third kappa shape index (κ3) is 91.9. The van der Waals surface area contributed by atoms with E-state index in [2.05, 4.69) is 258 Å². The summed E-state index contributed by atoms with van der Waals surface area (Å²) in [5.41, 5.74) is 6.59. The Balaban J connectivity index is -0.0000000602. The molecule has 0 aromatic heterocycles. The Labute approximate surface area is 837 Å². The number of hydrogen-bond donors (Lipinski definition) is 9. The van der Waals surface area contributed by atoms with Gasteiger partial charge < -0.3 is 88.9 Å². The SMILES string of the molecule is C=CC(O)C(C)=NN(C)C.C=CC(O)C(C)=N[Si](C)(C)C.CC(=NN(C)C)C(O)[Si](C)(C)C.CC(=N[Si](C)(C)C)C(C)O.CC(=N[Si](C)(C)C)C(O)[Si](C)(C)C.CC(CO)=N[Si](C)(C)C.CCC(O)C(C)=N[Si](C)(C)C.CC[Si](CC)(CC)C(O)C(C)=NN(C)C.CC[Si](CC)(CC)N=C(C)C(O)[Si](CC)(CC)CC.[Co].[Co].[Co].[Co].[Co].[Co].[Co].[Co].[Co]. The van der Waals surface area contributed by atoms with Crippen LogP contribution < -0.4 is 0 Å². The van der Waals surface area contributed by atoms with Crippen LogP contribution in [0.3, 0.4) is 0 Å². The predicted octanol–water partition coefficient (Wildman–Crippen LogP) is 18.1. The molecule has 0 fully saturated rings. The molecule has 0 aromatic carbocycles. The number of nitrogens with zero attached hydrogens (tertiary/aromatic N) is 12. The zero-order chi connectivity index (χ0) is 90.1. The largest absolute Gasteiger partial charge is 0.391 e. The summed E-state index contributed by atoms with van der Waals surface area (Å²) in [5, 5.41) is 104. The van der Waals surface area contributed by atoms with Gasteiger partial charge in [0, 0.05) is 228 Å². The quantitative estimate of drug-likeness (QED) is 0.0126. The van der Waals surface area contributed by atoms with Crippen LogP contribution in [0, 0.1) is 0 Å². The average molecular weight is 2260 g/mol. The van der Waals surface area contributed by atoms with Gasteiger partial charge in [0.05, 0.1) is 91.2 Å². The van der Waals surface area contributed by atoms with E-state index in [9.17, 15) is 30.6 Å². The van der Waals surface area contributed by atoms with Gasteiger partial charge in [0.2, 0.25) is 0 Å². The van der Waals surface area contributed by atoms with Crippen molar-refractivity contribution in [3.8, 4) is 0 Å². The first-order chi connectivity index (χ1) is 49.2. The zero-order valence-electron chi connectivity index (χ0n) is 83.9. The smallest absolute Gasteiger partial charge is 0.180 e. The topological polar surface area (TPSA) is 303 Å². The Kier molecular flexibility index (Phi) is 114. The van der Waals surface area contributed by atoms with Crippen LogP contribution in [0.25, 0.3) is 0 Å². The van der Waals surface area contributed by atoms with E-state index < -0.39 is 93.9 Å². The van der Waals surface area contributed by atoms with Crippen molar-refractivity contribution in [2.75, 3.05) is 48.9 Å². The summed E-state index contributed by atoms with van der Waals surface area (Å²) < 4.78 is 27.4. The van der Waals surface area contributed by atoms with Crippen molar-refractivity contribution in [3.05, 3.63) is 25.3 Å². The Hall–Kier alpha value is 2.28. The van der Waals surface area contributed by atoms with Crippen LogP contribution in [-0.4, -0.2) is 290 Å². The second kappa shape index (κ2) is 82.2. The van der Waals surface area contributed by atoms with Gasteiger partial charge in [-0.15, -0.1) is 13.2 Å². The van der Waals surface area contributed by atoms with E-state index >= 15 is 0 Å². The van der Waals surface area contributed by atoms with Crippen LogP contribution in [0.1, 0.15) is 145 Å². The molecule has 0 heterocycles. The Morgan fingerprint density at radius 1 is 0.303 bits per heavy atom.